The SMILES string of the molecule is CCN(CC)C(=O)Nc1ccc(OC[C@@H](O)CNC(C)(C)C)c(C(C)=O)c1. The van der Waals surface area contributed by atoms with E-state index >= 15 is 0 Å². The number of benzene rings is 1. The smallest absolute Gasteiger partial charge is 0.321 e. The van der Waals surface area contributed by atoms with Crippen LogP contribution < -0.4 is 15.4 Å². The van der Waals surface area contributed by atoms with Gasteiger partial charge in [-0.25, -0.2) is 4.79 Å². The summed E-state index contributed by atoms with van der Waals surface area (Å²) in [6.45, 7) is 12.9. The van der Waals surface area contributed by atoms with Crippen molar-refractivity contribution in [3.63, 3.8) is 0 Å². The first-order valence-corrected chi connectivity index (χ1v) is 9.34. The summed E-state index contributed by atoms with van der Waals surface area (Å²) in [7, 11) is 0. The summed E-state index contributed by atoms with van der Waals surface area (Å²) >= 11 is 0. The summed E-state index contributed by atoms with van der Waals surface area (Å²) in [4.78, 5) is 25.8. The molecule has 0 fully saturated rings. The number of carbonyl (C=O) groups is 2. The second-order valence-electron chi connectivity index (χ2n) is 7.47. The third kappa shape index (κ3) is 7.97. The fourth-order valence-electron chi connectivity index (χ4n) is 2.39. The lowest BCUT2D eigenvalue weighted by atomic mass is 10.1. The number of carbonyl (C=O) groups excluding carboxylic acids is 2. The van der Waals surface area contributed by atoms with Crippen LogP contribution >= 0.6 is 0 Å². The maximum atomic E-state index is 12.2. The molecule has 0 aliphatic carbocycles. The maximum Gasteiger partial charge on any atom is 0.321 e. The van der Waals surface area contributed by atoms with Gasteiger partial charge in [-0.15, -0.1) is 0 Å². The van der Waals surface area contributed by atoms with Crippen molar-refractivity contribution >= 4 is 17.5 Å². The van der Waals surface area contributed by atoms with E-state index in [9.17, 15) is 14.7 Å². The minimum Gasteiger partial charge on any atom is -0.490 e. The molecule has 1 aromatic rings. The Morgan fingerprint density at radius 2 is 1.85 bits per heavy atom. The number of ketones is 1. The van der Waals surface area contributed by atoms with E-state index in [1.807, 2.05) is 34.6 Å². The molecular formula is C20H33N3O4. The molecule has 0 heterocycles. The zero-order valence-corrected chi connectivity index (χ0v) is 17.3. The molecule has 0 bridgehead atoms. The summed E-state index contributed by atoms with van der Waals surface area (Å²) in [5, 5.41) is 16.0. The highest BCUT2D eigenvalue weighted by atomic mass is 16.5. The molecule has 0 aliphatic rings. The number of hydrogen-bond donors (Lipinski definition) is 3. The predicted molar refractivity (Wildman–Crippen MR) is 108 cm³/mol. The number of anilines is 1. The molecule has 0 saturated carbocycles. The molecule has 27 heavy (non-hydrogen) atoms. The molecule has 0 unspecified atom stereocenters. The van der Waals surface area contributed by atoms with Crippen molar-refractivity contribution in [1.29, 1.82) is 0 Å². The van der Waals surface area contributed by atoms with E-state index in [0.717, 1.165) is 0 Å². The minimum atomic E-state index is -0.703. The number of hydrogen-bond acceptors (Lipinski definition) is 5. The number of amides is 2. The van der Waals surface area contributed by atoms with Crippen molar-refractivity contribution in [3.05, 3.63) is 23.8 Å². The molecule has 1 atom stereocenters. The van der Waals surface area contributed by atoms with Crippen LogP contribution in [0.5, 0.6) is 5.75 Å². The van der Waals surface area contributed by atoms with Gasteiger partial charge in [0.05, 0.1) is 5.56 Å². The molecule has 0 aliphatic heterocycles. The first-order chi connectivity index (χ1) is 12.6. The van der Waals surface area contributed by atoms with Gasteiger partial charge in [0.25, 0.3) is 0 Å². The summed E-state index contributed by atoms with van der Waals surface area (Å²) in [5.41, 5.74) is 0.790. The van der Waals surface area contributed by atoms with Crippen LogP contribution in [0.1, 0.15) is 51.9 Å². The monoisotopic (exact) mass is 379 g/mol. The van der Waals surface area contributed by atoms with Gasteiger partial charge in [-0.1, -0.05) is 0 Å². The minimum absolute atomic E-state index is 0.0640. The van der Waals surface area contributed by atoms with Gasteiger partial charge in [0, 0.05) is 30.9 Å². The zero-order valence-electron chi connectivity index (χ0n) is 17.3. The number of nitrogens with zero attached hydrogens (tertiary/aromatic N) is 1. The van der Waals surface area contributed by atoms with Crippen LogP contribution in [0.25, 0.3) is 0 Å². The largest absolute Gasteiger partial charge is 0.490 e. The third-order valence-corrected chi connectivity index (χ3v) is 3.96. The Bertz CT molecular complexity index is 637. The van der Waals surface area contributed by atoms with E-state index in [1.165, 1.54) is 6.92 Å². The number of Topliss-reactive ketones (excluding diaryl/α,β-unsaturated/α-hetero) is 1. The fourth-order valence-corrected chi connectivity index (χ4v) is 2.39. The molecule has 152 valence electrons. The first-order valence-electron chi connectivity index (χ1n) is 9.34. The molecule has 0 spiro atoms. The Labute approximate surface area is 162 Å². The normalized spacial score (nSPS) is 12.4. The second kappa shape index (κ2) is 10.3. The van der Waals surface area contributed by atoms with Crippen LogP contribution in [-0.2, 0) is 0 Å². The fraction of sp³-hybridized carbons (Fsp3) is 0.600. The maximum absolute atomic E-state index is 12.2. The van der Waals surface area contributed by atoms with Crippen LogP contribution in [-0.4, -0.2) is 59.7 Å². The molecule has 0 radical (unpaired) electrons. The Morgan fingerprint density at radius 3 is 2.37 bits per heavy atom. The Balaban J connectivity index is 2.79. The van der Waals surface area contributed by atoms with Crippen molar-refractivity contribution in [2.24, 2.45) is 0 Å². The first kappa shape index (κ1) is 22.9. The van der Waals surface area contributed by atoms with E-state index in [2.05, 4.69) is 10.6 Å². The number of β-amino-alcohol motifs (C(OH)–C–C–N with tert-alkyl or cyclic N) is 1. The topological polar surface area (TPSA) is 90.9 Å². The quantitative estimate of drug-likeness (QED) is 0.574. The highest BCUT2D eigenvalue weighted by Crippen LogP contribution is 2.24. The number of aliphatic hydroxyl groups excluding tert-OH is 1. The summed E-state index contributed by atoms with van der Waals surface area (Å²) < 4.78 is 5.64. The highest BCUT2D eigenvalue weighted by molar-refractivity contribution is 5.99. The van der Waals surface area contributed by atoms with E-state index in [-0.39, 0.29) is 24.0 Å². The van der Waals surface area contributed by atoms with Gasteiger partial charge in [-0.2, -0.15) is 0 Å². The van der Waals surface area contributed by atoms with E-state index < -0.39 is 6.10 Å². The van der Waals surface area contributed by atoms with Crippen molar-refractivity contribution in [2.45, 2.75) is 53.2 Å². The molecule has 1 aromatic carbocycles. The van der Waals surface area contributed by atoms with Crippen LogP contribution in [0.4, 0.5) is 10.5 Å². The second-order valence-corrected chi connectivity index (χ2v) is 7.47. The molecule has 0 aromatic heterocycles. The van der Waals surface area contributed by atoms with Gasteiger partial charge in [-0.3, -0.25) is 4.79 Å². The Kier molecular flexibility index (Phi) is 8.72. The summed E-state index contributed by atoms with van der Waals surface area (Å²) in [6.07, 6.45) is -0.703. The van der Waals surface area contributed by atoms with Gasteiger partial charge in [0.1, 0.15) is 18.5 Å². The van der Waals surface area contributed by atoms with Gasteiger partial charge in [0.15, 0.2) is 5.78 Å². The standard InChI is InChI=1S/C20H33N3O4/c1-7-23(8-2)19(26)22-15-9-10-18(17(11-15)14(3)24)27-13-16(25)12-21-20(4,5)6/h9-11,16,21,25H,7-8,12-13H2,1-6H3,(H,22,26)/t16-/m0/s1. The Hall–Kier alpha value is -2.12. The van der Waals surface area contributed by atoms with Crippen LogP contribution in [0, 0.1) is 0 Å². The van der Waals surface area contributed by atoms with Gasteiger partial charge in [0.2, 0.25) is 0 Å². The van der Waals surface area contributed by atoms with Crippen molar-refractivity contribution in [1.82, 2.24) is 10.2 Å². The molecule has 7 heteroatoms. The average Bonchev–Trinajstić information content (AvgIpc) is 2.59. The highest BCUT2D eigenvalue weighted by Gasteiger charge is 2.16. The van der Waals surface area contributed by atoms with Crippen molar-refractivity contribution in [3.8, 4) is 5.75 Å². The molecule has 7 nitrogen and oxygen atoms in total. The summed E-state index contributed by atoms with van der Waals surface area (Å²) in [5.74, 6) is 0.212. The van der Waals surface area contributed by atoms with Crippen LogP contribution in [0.15, 0.2) is 18.2 Å². The van der Waals surface area contributed by atoms with Crippen LogP contribution in [0.2, 0.25) is 0 Å². The van der Waals surface area contributed by atoms with E-state index in [0.29, 0.717) is 36.6 Å². The number of nitrogens with one attached hydrogen (secondary N) is 2. The Morgan fingerprint density at radius 1 is 1.22 bits per heavy atom. The van der Waals surface area contributed by atoms with E-state index in [1.54, 1.807) is 23.1 Å². The molecule has 0 saturated heterocycles. The number of rotatable bonds is 9. The number of urea groups is 1. The lowest BCUT2D eigenvalue weighted by Crippen LogP contribution is -2.42. The van der Waals surface area contributed by atoms with Gasteiger partial charge in [-0.05, 0) is 59.7 Å². The number of ether oxygens (including phenoxy) is 1. The number of aliphatic hydroxyl groups is 1. The van der Waals surface area contributed by atoms with Gasteiger partial charge < -0.3 is 25.4 Å². The molecule has 1 rings (SSSR count). The average molecular weight is 380 g/mol. The zero-order chi connectivity index (χ0) is 20.6. The van der Waals surface area contributed by atoms with Crippen molar-refractivity contribution in [2.75, 3.05) is 31.6 Å². The predicted octanol–water partition coefficient (Wildman–Crippen LogP) is 2.89. The lowest BCUT2D eigenvalue weighted by Gasteiger charge is -2.23. The van der Waals surface area contributed by atoms with E-state index in [4.69, 9.17) is 4.74 Å². The van der Waals surface area contributed by atoms with Crippen LogP contribution in [0.3, 0.4) is 0 Å². The summed E-state index contributed by atoms with van der Waals surface area (Å²) in [6, 6.07) is 4.70. The molecule has 2 amide bonds. The van der Waals surface area contributed by atoms with Crippen molar-refractivity contribution < 1.29 is 19.4 Å². The van der Waals surface area contributed by atoms with Gasteiger partial charge >= 0.3 is 6.03 Å². The molecule has 3 N–H and O–H groups in total. The third-order valence-electron chi connectivity index (χ3n) is 3.96. The lowest BCUT2D eigenvalue weighted by molar-refractivity contribution is 0.0950. The molecular weight excluding hydrogens is 346 g/mol.